The van der Waals surface area contributed by atoms with E-state index in [1.54, 1.807) is 12.1 Å². The van der Waals surface area contributed by atoms with Crippen LogP contribution in [0.1, 0.15) is 5.69 Å². The molecule has 1 aromatic heterocycles. The molecule has 1 aliphatic heterocycles. The molecular weight excluding hydrogens is 348 g/mol. The van der Waals surface area contributed by atoms with Gasteiger partial charge in [0, 0.05) is 10.9 Å². The van der Waals surface area contributed by atoms with Crippen molar-refractivity contribution in [2.45, 2.75) is 11.4 Å². The lowest BCUT2D eigenvalue weighted by molar-refractivity contribution is 0.572. The van der Waals surface area contributed by atoms with Gasteiger partial charge in [-0.05, 0) is 29.7 Å². The molecule has 0 aliphatic carbocycles. The highest BCUT2D eigenvalue weighted by Crippen LogP contribution is 2.42. The van der Waals surface area contributed by atoms with Gasteiger partial charge in [0.25, 0.3) is 10.0 Å². The predicted molar refractivity (Wildman–Crippen MR) is 99.3 cm³/mol. The predicted octanol–water partition coefficient (Wildman–Crippen LogP) is 4.20. The van der Waals surface area contributed by atoms with E-state index in [2.05, 4.69) is 4.98 Å². The Morgan fingerprint density at radius 2 is 1.69 bits per heavy atom. The van der Waals surface area contributed by atoms with Crippen LogP contribution in [0.25, 0.3) is 22.2 Å². The van der Waals surface area contributed by atoms with Crippen molar-refractivity contribution in [3.8, 4) is 11.5 Å². The molecule has 6 heteroatoms. The minimum Gasteiger partial charge on any atom is -0.444 e. The number of nitrogens with zero attached hydrogens (tertiary/aromatic N) is 2. The Morgan fingerprint density at radius 3 is 2.50 bits per heavy atom. The fourth-order valence-corrected chi connectivity index (χ4v) is 5.05. The van der Waals surface area contributed by atoms with Crippen LogP contribution in [0.2, 0.25) is 0 Å². The second-order valence-corrected chi connectivity index (χ2v) is 7.98. The van der Waals surface area contributed by atoms with Crippen molar-refractivity contribution < 1.29 is 12.8 Å². The Balaban J connectivity index is 1.56. The minimum absolute atomic E-state index is 0.131. The van der Waals surface area contributed by atoms with E-state index in [1.165, 1.54) is 10.6 Å². The van der Waals surface area contributed by atoms with Crippen molar-refractivity contribution in [3.05, 3.63) is 78.7 Å². The molecule has 0 N–H and O–H groups in total. The molecule has 1 aliphatic rings. The summed E-state index contributed by atoms with van der Waals surface area (Å²) in [7, 11) is -3.60. The smallest absolute Gasteiger partial charge is 0.265 e. The molecule has 0 radical (unpaired) electrons. The van der Waals surface area contributed by atoms with Gasteiger partial charge in [-0.2, -0.15) is 0 Å². The number of anilines is 1. The van der Waals surface area contributed by atoms with Crippen LogP contribution in [-0.4, -0.2) is 13.4 Å². The molecule has 0 unspecified atom stereocenters. The monoisotopic (exact) mass is 362 g/mol. The summed E-state index contributed by atoms with van der Waals surface area (Å²) in [6.45, 7) is 0.131. The van der Waals surface area contributed by atoms with Crippen molar-refractivity contribution in [2.75, 3.05) is 4.31 Å². The second kappa shape index (κ2) is 5.44. The fraction of sp³-hybridized carbons (Fsp3) is 0.0500. The van der Waals surface area contributed by atoms with E-state index in [0.29, 0.717) is 22.2 Å². The fourth-order valence-electron chi connectivity index (χ4n) is 3.37. The van der Waals surface area contributed by atoms with Crippen molar-refractivity contribution >= 4 is 26.5 Å². The molecule has 3 aromatic carbocycles. The van der Waals surface area contributed by atoms with Gasteiger partial charge in [-0.3, -0.25) is 4.31 Å². The van der Waals surface area contributed by atoms with E-state index in [-0.39, 0.29) is 6.54 Å². The number of sulfonamides is 1. The zero-order valence-corrected chi connectivity index (χ0v) is 14.5. The SMILES string of the molecule is O=S1(=O)c2cccc3cccc(c23)N1Cc1coc(-c2ccccc2)n1. The normalized spacial score (nSPS) is 14.8. The average Bonchev–Trinajstić information content (AvgIpc) is 3.22. The number of hydrogen-bond donors (Lipinski definition) is 0. The van der Waals surface area contributed by atoms with Crippen LogP contribution in [0.5, 0.6) is 0 Å². The second-order valence-electron chi connectivity index (χ2n) is 6.15. The zero-order chi connectivity index (χ0) is 17.7. The Morgan fingerprint density at radius 1 is 0.923 bits per heavy atom. The molecule has 0 fully saturated rings. The first-order valence-corrected chi connectivity index (χ1v) is 9.63. The first-order valence-electron chi connectivity index (χ1n) is 8.19. The van der Waals surface area contributed by atoms with Crippen LogP contribution in [0.4, 0.5) is 5.69 Å². The first kappa shape index (κ1) is 15.2. The van der Waals surface area contributed by atoms with E-state index in [4.69, 9.17) is 4.42 Å². The van der Waals surface area contributed by atoms with Crippen molar-refractivity contribution in [2.24, 2.45) is 0 Å². The van der Waals surface area contributed by atoms with Gasteiger partial charge in [0.1, 0.15) is 12.0 Å². The third-order valence-electron chi connectivity index (χ3n) is 4.56. The van der Waals surface area contributed by atoms with Gasteiger partial charge >= 0.3 is 0 Å². The van der Waals surface area contributed by atoms with Crippen molar-refractivity contribution in [1.82, 2.24) is 4.98 Å². The van der Waals surface area contributed by atoms with Gasteiger partial charge < -0.3 is 4.42 Å². The summed E-state index contributed by atoms with van der Waals surface area (Å²) in [5.41, 5.74) is 2.10. The highest BCUT2D eigenvalue weighted by atomic mass is 32.2. The quantitative estimate of drug-likeness (QED) is 0.548. The van der Waals surface area contributed by atoms with Crippen LogP contribution in [0.15, 0.2) is 82.3 Å². The summed E-state index contributed by atoms with van der Waals surface area (Å²) >= 11 is 0. The van der Waals surface area contributed by atoms with Crippen LogP contribution in [-0.2, 0) is 16.6 Å². The highest BCUT2D eigenvalue weighted by molar-refractivity contribution is 7.93. The number of benzene rings is 3. The van der Waals surface area contributed by atoms with Crippen LogP contribution < -0.4 is 4.31 Å². The molecule has 0 saturated carbocycles. The van der Waals surface area contributed by atoms with Crippen LogP contribution in [0.3, 0.4) is 0 Å². The Hall–Kier alpha value is -3.12. The molecule has 0 saturated heterocycles. The zero-order valence-electron chi connectivity index (χ0n) is 13.7. The highest BCUT2D eigenvalue weighted by Gasteiger charge is 2.35. The van der Waals surface area contributed by atoms with Gasteiger partial charge in [-0.1, -0.05) is 42.5 Å². The van der Waals surface area contributed by atoms with Crippen molar-refractivity contribution in [3.63, 3.8) is 0 Å². The standard InChI is InChI=1S/C20H14N2O3S/c23-26(24)18-11-5-9-14-8-4-10-17(19(14)18)22(26)12-16-13-25-20(21-16)15-6-2-1-3-7-15/h1-11,13H,12H2. The summed E-state index contributed by atoms with van der Waals surface area (Å²) in [6.07, 6.45) is 1.51. The molecule has 0 bridgehead atoms. The van der Waals surface area contributed by atoms with E-state index in [1.807, 2.05) is 54.6 Å². The van der Waals surface area contributed by atoms with Gasteiger partial charge in [-0.15, -0.1) is 0 Å². The number of rotatable bonds is 3. The molecule has 5 rings (SSSR count). The molecule has 5 nitrogen and oxygen atoms in total. The van der Waals surface area contributed by atoms with Crippen LogP contribution in [0, 0.1) is 0 Å². The maximum absolute atomic E-state index is 13.0. The summed E-state index contributed by atoms with van der Waals surface area (Å²) in [5, 5.41) is 1.68. The molecule has 0 atom stereocenters. The maximum Gasteiger partial charge on any atom is 0.265 e. The molecule has 0 spiro atoms. The van der Waals surface area contributed by atoms with E-state index < -0.39 is 10.0 Å². The Kier molecular flexibility index (Phi) is 3.17. The number of aromatic nitrogens is 1. The molecule has 0 amide bonds. The van der Waals surface area contributed by atoms with E-state index >= 15 is 0 Å². The van der Waals surface area contributed by atoms with Gasteiger partial charge in [0.15, 0.2) is 0 Å². The molecule has 26 heavy (non-hydrogen) atoms. The summed E-state index contributed by atoms with van der Waals surface area (Å²) < 4.78 is 33.0. The van der Waals surface area contributed by atoms with Crippen LogP contribution >= 0.6 is 0 Å². The maximum atomic E-state index is 13.0. The lowest BCUT2D eigenvalue weighted by Crippen LogP contribution is -2.26. The first-order chi connectivity index (χ1) is 12.6. The molecule has 4 aromatic rings. The molecule has 128 valence electrons. The minimum atomic E-state index is -3.60. The number of oxazole rings is 1. The third kappa shape index (κ3) is 2.16. The lowest BCUT2D eigenvalue weighted by Gasteiger charge is -2.17. The Labute approximate surface area is 150 Å². The largest absolute Gasteiger partial charge is 0.444 e. The molecular formula is C20H14N2O3S. The lowest BCUT2D eigenvalue weighted by atomic mass is 10.1. The summed E-state index contributed by atoms with van der Waals surface area (Å²) in [4.78, 5) is 4.81. The topological polar surface area (TPSA) is 63.4 Å². The molecule has 2 heterocycles. The van der Waals surface area contributed by atoms with Gasteiger partial charge in [0.2, 0.25) is 5.89 Å². The van der Waals surface area contributed by atoms with E-state index in [9.17, 15) is 8.42 Å². The van der Waals surface area contributed by atoms with Gasteiger partial charge in [0.05, 0.1) is 17.1 Å². The third-order valence-corrected chi connectivity index (χ3v) is 6.36. The number of hydrogen-bond acceptors (Lipinski definition) is 4. The summed E-state index contributed by atoms with van der Waals surface area (Å²) in [6, 6.07) is 20.5. The average molecular weight is 362 g/mol. The van der Waals surface area contributed by atoms with Crippen molar-refractivity contribution in [1.29, 1.82) is 0 Å². The van der Waals surface area contributed by atoms with E-state index in [0.717, 1.165) is 16.3 Å². The Bertz CT molecular complexity index is 1230. The van der Waals surface area contributed by atoms with Gasteiger partial charge in [-0.25, -0.2) is 13.4 Å². The summed E-state index contributed by atoms with van der Waals surface area (Å²) in [5.74, 6) is 0.480.